The minimum Gasteiger partial charge on any atom is -0.481 e. The maximum absolute atomic E-state index is 9.00. The van der Waals surface area contributed by atoms with Gasteiger partial charge in [-0.15, -0.1) is 0 Å². The smallest absolute Gasteiger partial charge is 0.300 e. The molecule has 0 amide bonds. The van der Waals surface area contributed by atoms with Crippen molar-refractivity contribution in [2.24, 2.45) is 0 Å². The topological polar surface area (TPSA) is 63.1 Å². The van der Waals surface area contributed by atoms with Gasteiger partial charge in [-0.2, -0.15) is 0 Å². The van der Waals surface area contributed by atoms with Crippen LogP contribution in [0.1, 0.15) is 6.92 Å². The Labute approximate surface area is 113 Å². The van der Waals surface area contributed by atoms with E-state index >= 15 is 0 Å². The van der Waals surface area contributed by atoms with Crippen LogP contribution in [0.2, 0.25) is 0 Å². The number of hydrogen-bond acceptors (Lipinski definition) is 3. The summed E-state index contributed by atoms with van der Waals surface area (Å²) in [6, 6.07) is 11.6. The Morgan fingerprint density at radius 2 is 1.35 bits per heavy atom. The van der Waals surface area contributed by atoms with Gasteiger partial charge in [0.2, 0.25) is 0 Å². The van der Waals surface area contributed by atoms with Crippen LogP contribution in [-0.4, -0.2) is 21.0 Å². The summed E-state index contributed by atoms with van der Waals surface area (Å²) in [5.74, 6) is -0.833. The van der Waals surface area contributed by atoms with E-state index in [0.717, 1.165) is 18.3 Å². The van der Waals surface area contributed by atoms with E-state index in [9.17, 15) is 0 Å². The summed E-state index contributed by atoms with van der Waals surface area (Å²) in [5.41, 5.74) is 1.83. The van der Waals surface area contributed by atoms with Crippen LogP contribution >= 0.6 is 0 Å². The number of carboxylic acids is 1. The van der Waals surface area contributed by atoms with Crippen molar-refractivity contribution < 1.29 is 29.4 Å². The van der Waals surface area contributed by atoms with E-state index in [4.69, 9.17) is 9.90 Å². The standard InChI is InChI=1S/C10H8N2.C2H4O2.Zn/c1-3-7-11-9(5-1)10-6-2-4-8-12-10;1-2(3)4;/h1-8H;1H3,(H,3,4);. The predicted molar refractivity (Wildman–Crippen MR) is 60.8 cm³/mol. The maximum Gasteiger partial charge on any atom is 0.300 e. The Hall–Kier alpha value is -1.61. The SMILES string of the molecule is CC(=O)O.[Zn].c1ccc(-c2ccccn2)nc1. The second-order valence-corrected chi connectivity index (χ2v) is 2.95. The Bertz CT molecular complexity index is 393. The first-order chi connectivity index (χ1) is 7.70. The van der Waals surface area contributed by atoms with Crippen molar-refractivity contribution in [3.8, 4) is 11.4 Å². The second kappa shape index (κ2) is 8.53. The molecule has 0 bridgehead atoms. The zero-order chi connectivity index (χ0) is 11.8. The van der Waals surface area contributed by atoms with Crippen molar-refractivity contribution in [1.29, 1.82) is 0 Å². The molecule has 0 aromatic carbocycles. The van der Waals surface area contributed by atoms with Gasteiger partial charge in [-0.3, -0.25) is 14.8 Å². The first kappa shape index (κ1) is 15.4. The molecule has 0 aliphatic carbocycles. The van der Waals surface area contributed by atoms with Gasteiger partial charge in [0, 0.05) is 38.8 Å². The van der Waals surface area contributed by atoms with Crippen molar-refractivity contribution >= 4 is 5.97 Å². The van der Waals surface area contributed by atoms with Gasteiger partial charge < -0.3 is 5.11 Å². The molecule has 2 heterocycles. The summed E-state index contributed by atoms with van der Waals surface area (Å²) in [5, 5.41) is 7.42. The van der Waals surface area contributed by atoms with Gasteiger partial charge in [-0.05, 0) is 24.3 Å². The summed E-state index contributed by atoms with van der Waals surface area (Å²) in [4.78, 5) is 17.4. The summed E-state index contributed by atoms with van der Waals surface area (Å²) >= 11 is 0. The molecule has 17 heavy (non-hydrogen) atoms. The molecule has 2 aromatic rings. The van der Waals surface area contributed by atoms with Crippen LogP contribution in [0.3, 0.4) is 0 Å². The van der Waals surface area contributed by atoms with Crippen LogP contribution in [0.15, 0.2) is 48.8 Å². The number of hydrogen-bond donors (Lipinski definition) is 1. The molecule has 0 spiro atoms. The van der Waals surface area contributed by atoms with Gasteiger partial charge >= 0.3 is 0 Å². The van der Waals surface area contributed by atoms with Crippen molar-refractivity contribution in [1.82, 2.24) is 9.97 Å². The Morgan fingerprint density at radius 1 is 1.00 bits per heavy atom. The molecule has 0 fully saturated rings. The fraction of sp³-hybridized carbons (Fsp3) is 0.0833. The maximum atomic E-state index is 9.00. The fourth-order valence-electron chi connectivity index (χ4n) is 1.03. The third-order valence-electron chi connectivity index (χ3n) is 1.59. The van der Waals surface area contributed by atoms with Gasteiger partial charge in [-0.1, -0.05) is 12.1 Å². The molecule has 0 aliphatic heterocycles. The third kappa shape index (κ3) is 6.53. The van der Waals surface area contributed by atoms with E-state index in [2.05, 4.69) is 9.97 Å². The number of aromatic nitrogens is 2. The van der Waals surface area contributed by atoms with Crippen LogP contribution < -0.4 is 0 Å². The summed E-state index contributed by atoms with van der Waals surface area (Å²) < 4.78 is 0. The average molecular weight is 282 g/mol. The number of pyridine rings is 2. The van der Waals surface area contributed by atoms with Crippen molar-refractivity contribution in [3.05, 3.63) is 48.8 Å². The largest absolute Gasteiger partial charge is 0.481 e. The van der Waals surface area contributed by atoms with E-state index in [1.807, 2.05) is 36.4 Å². The van der Waals surface area contributed by atoms with Gasteiger partial charge in [-0.25, -0.2) is 0 Å². The van der Waals surface area contributed by atoms with Gasteiger partial charge in [0.1, 0.15) is 0 Å². The van der Waals surface area contributed by atoms with Crippen molar-refractivity contribution in [2.45, 2.75) is 6.92 Å². The molecule has 4 nitrogen and oxygen atoms in total. The summed E-state index contributed by atoms with van der Waals surface area (Å²) in [6.45, 7) is 1.08. The minimum atomic E-state index is -0.833. The molecular formula is C12H12N2O2Zn. The Morgan fingerprint density at radius 3 is 1.59 bits per heavy atom. The fourth-order valence-corrected chi connectivity index (χ4v) is 1.03. The van der Waals surface area contributed by atoms with Crippen molar-refractivity contribution in [2.75, 3.05) is 0 Å². The molecule has 1 N–H and O–H groups in total. The van der Waals surface area contributed by atoms with Crippen LogP contribution in [0.5, 0.6) is 0 Å². The van der Waals surface area contributed by atoms with Crippen LogP contribution in [0.4, 0.5) is 0 Å². The zero-order valence-electron chi connectivity index (χ0n) is 9.58. The average Bonchev–Trinajstić information content (AvgIpc) is 2.31. The number of carboxylic acid groups (broad SMARTS) is 1. The van der Waals surface area contributed by atoms with Crippen LogP contribution in [0.25, 0.3) is 11.4 Å². The number of rotatable bonds is 1. The van der Waals surface area contributed by atoms with E-state index in [1.165, 1.54) is 0 Å². The quantitative estimate of drug-likeness (QED) is 0.814. The molecule has 0 saturated carbocycles. The molecule has 2 rings (SSSR count). The Balaban J connectivity index is 0.000000453. The molecule has 0 atom stereocenters. The minimum absolute atomic E-state index is 0. The number of carbonyl (C=O) groups is 1. The van der Waals surface area contributed by atoms with Gasteiger partial charge in [0.15, 0.2) is 0 Å². The number of nitrogens with zero attached hydrogens (tertiary/aromatic N) is 2. The predicted octanol–water partition coefficient (Wildman–Crippen LogP) is 2.23. The summed E-state index contributed by atoms with van der Waals surface area (Å²) in [6.07, 6.45) is 3.54. The molecular weight excluding hydrogens is 270 g/mol. The first-order valence-electron chi connectivity index (χ1n) is 4.72. The van der Waals surface area contributed by atoms with Gasteiger partial charge in [0.05, 0.1) is 11.4 Å². The number of aliphatic carboxylic acids is 1. The zero-order valence-corrected chi connectivity index (χ0v) is 12.5. The molecule has 0 aliphatic rings. The first-order valence-corrected chi connectivity index (χ1v) is 4.72. The molecule has 84 valence electrons. The van der Waals surface area contributed by atoms with Crippen molar-refractivity contribution in [3.63, 3.8) is 0 Å². The second-order valence-electron chi connectivity index (χ2n) is 2.95. The van der Waals surface area contributed by atoms with E-state index in [0.29, 0.717) is 0 Å². The normalized spacial score (nSPS) is 8.29. The van der Waals surface area contributed by atoms with E-state index in [1.54, 1.807) is 12.4 Å². The molecule has 0 saturated heterocycles. The van der Waals surface area contributed by atoms with Crippen LogP contribution in [0, 0.1) is 0 Å². The van der Waals surface area contributed by atoms with Gasteiger partial charge in [0.25, 0.3) is 5.97 Å². The van der Waals surface area contributed by atoms with E-state index < -0.39 is 5.97 Å². The monoisotopic (exact) mass is 280 g/mol. The molecule has 2 aromatic heterocycles. The molecule has 0 unspecified atom stereocenters. The van der Waals surface area contributed by atoms with E-state index in [-0.39, 0.29) is 19.5 Å². The Kier molecular flexibility index (Phi) is 7.73. The third-order valence-corrected chi connectivity index (χ3v) is 1.59. The summed E-state index contributed by atoms with van der Waals surface area (Å²) in [7, 11) is 0. The van der Waals surface area contributed by atoms with Crippen LogP contribution in [-0.2, 0) is 24.3 Å². The molecule has 0 radical (unpaired) electrons. The molecule has 5 heteroatoms.